The minimum absolute atomic E-state index is 0.0550. The predicted molar refractivity (Wildman–Crippen MR) is 71.5 cm³/mol. The Kier molecular flexibility index (Phi) is 5.64. The van der Waals surface area contributed by atoms with Crippen LogP contribution in [-0.4, -0.2) is 41.1 Å². The molecule has 2 atom stereocenters. The van der Waals surface area contributed by atoms with E-state index in [1.54, 1.807) is 32.7 Å². The summed E-state index contributed by atoms with van der Waals surface area (Å²) in [4.78, 5) is 24.7. The Bertz CT molecular complexity index is 308. The summed E-state index contributed by atoms with van der Waals surface area (Å²) in [6.45, 7) is 11.4. The fourth-order valence-electron chi connectivity index (χ4n) is 1.51. The fraction of sp³-hybridized carbons (Fsp3) is 0.846. The average Bonchev–Trinajstić information content (AvgIpc) is 2.20. The molecule has 5 nitrogen and oxygen atoms in total. The van der Waals surface area contributed by atoms with Crippen LogP contribution < -0.4 is 5.32 Å². The first kappa shape index (κ1) is 16.7. The molecule has 1 unspecified atom stereocenters. The third-order valence-corrected chi connectivity index (χ3v) is 3.28. The van der Waals surface area contributed by atoms with Crippen LogP contribution in [0.15, 0.2) is 0 Å². The van der Waals surface area contributed by atoms with Crippen LogP contribution in [0.25, 0.3) is 0 Å². The van der Waals surface area contributed by atoms with E-state index in [-0.39, 0.29) is 12.1 Å². The van der Waals surface area contributed by atoms with Gasteiger partial charge in [0.25, 0.3) is 0 Å². The van der Waals surface area contributed by atoms with Gasteiger partial charge in [0.2, 0.25) is 0 Å². The van der Waals surface area contributed by atoms with Crippen molar-refractivity contribution in [1.29, 1.82) is 0 Å². The Hall–Kier alpha value is -1.26. The van der Waals surface area contributed by atoms with Gasteiger partial charge in [0, 0.05) is 13.1 Å². The lowest BCUT2D eigenvalue weighted by atomic mass is 9.87. The number of nitrogens with zero attached hydrogens (tertiary/aromatic N) is 1. The lowest BCUT2D eigenvalue weighted by molar-refractivity contribution is -0.142. The molecule has 0 heterocycles. The number of carboxylic acids is 1. The smallest absolute Gasteiger partial charge is 0.326 e. The number of carbonyl (C=O) groups excluding carboxylic acids is 1. The zero-order chi connectivity index (χ0) is 14.7. The van der Waals surface area contributed by atoms with Crippen molar-refractivity contribution in [3.8, 4) is 0 Å². The van der Waals surface area contributed by atoms with Crippen LogP contribution in [-0.2, 0) is 4.79 Å². The van der Waals surface area contributed by atoms with Gasteiger partial charge in [-0.2, -0.15) is 0 Å². The monoisotopic (exact) mass is 258 g/mol. The Morgan fingerprint density at radius 2 is 1.61 bits per heavy atom. The molecule has 2 N–H and O–H groups in total. The Morgan fingerprint density at radius 3 is 1.89 bits per heavy atom. The van der Waals surface area contributed by atoms with Gasteiger partial charge in [-0.05, 0) is 18.3 Å². The summed E-state index contributed by atoms with van der Waals surface area (Å²) < 4.78 is 0. The minimum atomic E-state index is -1.01. The van der Waals surface area contributed by atoms with Crippen molar-refractivity contribution in [1.82, 2.24) is 10.2 Å². The van der Waals surface area contributed by atoms with Gasteiger partial charge in [0.1, 0.15) is 6.04 Å². The normalized spacial score (nSPS) is 15.1. The molecule has 5 heteroatoms. The Labute approximate surface area is 110 Å². The zero-order valence-electron chi connectivity index (χ0n) is 12.4. The van der Waals surface area contributed by atoms with Crippen LogP contribution >= 0.6 is 0 Å². The van der Waals surface area contributed by atoms with Gasteiger partial charge < -0.3 is 15.3 Å². The van der Waals surface area contributed by atoms with Gasteiger partial charge in [-0.3, -0.25) is 0 Å². The number of carbonyl (C=O) groups is 2. The predicted octanol–water partition coefficient (Wildman–Crippen LogP) is 2.17. The number of nitrogens with one attached hydrogen (secondary N) is 1. The highest BCUT2D eigenvalue weighted by Crippen LogP contribution is 2.20. The summed E-state index contributed by atoms with van der Waals surface area (Å²) >= 11 is 0. The molecule has 0 spiro atoms. The molecule has 0 radical (unpaired) electrons. The first-order chi connectivity index (χ1) is 7.98. The molecule has 0 aromatic heterocycles. The summed E-state index contributed by atoms with van der Waals surface area (Å²) in [5, 5.41) is 11.7. The molecule has 0 aliphatic heterocycles. The number of amides is 2. The highest BCUT2D eigenvalue weighted by atomic mass is 16.4. The maximum Gasteiger partial charge on any atom is 0.326 e. The highest BCUT2D eigenvalue weighted by molar-refractivity contribution is 5.83. The van der Waals surface area contributed by atoms with Crippen molar-refractivity contribution < 1.29 is 14.7 Å². The molecule has 106 valence electrons. The van der Waals surface area contributed by atoms with Crippen molar-refractivity contribution >= 4 is 12.0 Å². The van der Waals surface area contributed by atoms with Gasteiger partial charge in [0.05, 0.1) is 0 Å². The Morgan fingerprint density at radius 1 is 1.17 bits per heavy atom. The molecular formula is C13H26N2O3. The number of carboxylic acid groups (broad SMARTS) is 1. The Balaban J connectivity index is 4.77. The largest absolute Gasteiger partial charge is 0.480 e. The number of hydrogen-bond donors (Lipinski definition) is 2. The number of rotatable bonds is 4. The lowest BCUT2D eigenvalue weighted by Gasteiger charge is -2.33. The maximum absolute atomic E-state index is 12.0. The SMILES string of the molecule is CC(C)C(C)N(C)C(=O)N[C@@H](C(=O)O)C(C)(C)C. The van der Waals surface area contributed by atoms with E-state index in [4.69, 9.17) is 5.11 Å². The van der Waals surface area contributed by atoms with Gasteiger partial charge in [-0.1, -0.05) is 34.6 Å². The van der Waals surface area contributed by atoms with Crippen molar-refractivity contribution in [2.75, 3.05) is 7.05 Å². The minimum Gasteiger partial charge on any atom is -0.480 e. The molecule has 0 saturated heterocycles. The van der Waals surface area contributed by atoms with E-state index in [1.807, 2.05) is 20.8 Å². The third kappa shape index (κ3) is 4.55. The van der Waals surface area contributed by atoms with Crippen LogP contribution in [0.4, 0.5) is 4.79 Å². The number of hydrogen-bond acceptors (Lipinski definition) is 2. The van der Waals surface area contributed by atoms with Crippen LogP contribution in [0.5, 0.6) is 0 Å². The number of aliphatic carboxylic acids is 1. The quantitative estimate of drug-likeness (QED) is 0.812. The highest BCUT2D eigenvalue weighted by Gasteiger charge is 2.34. The lowest BCUT2D eigenvalue weighted by Crippen LogP contribution is -2.54. The molecule has 18 heavy (non-hydrogen) atoms. The van der Waals surface area contributed by atoms with Crippen molar-refractivity contribution in [2.24, 2.45) is 11.3 Å². The molecule has 0 aromatic rings. The summed E-state index contributed by atoms with van der Waals surface area (Å²) in [5.74, 6) is -0.694. The van der Waals surface area contributed by atoms with E-state index in [1.165, 1.54) is 0 Å². The van der Waals surface area contributed by atoms with E-state index in [0.717, 1.165) is 0 Å². The van der Waals surface area contributed by atoms with E-state index in [9.17, 15) is 9.59 Å². The second-order valence-corrected chi connectivity index (χ2v) is 6.18. The van der Waals surface area contributed by atoms with Crippen LogP contribution in [0.1, 0.15) is 41.5 Å². The van der Waals surface area contributed by atoms with Crippen molar-refractivity contribution in [3.05, 3.63) is 0 Å². The number of urea groups is 1. The molecule has 2 amide bonds. The molecule has 0 aliphatic rings. The first-order valence-electron chi connectivity index (χ1n) is 6.24. The third-order valence-electron chi connectivity index (χ3n) is 3.28. The molecule has 0 fully saturated rings. The molecule has 0 saturated carbocycles. The second-order valence-electron chi connectivity index (χ2n) is 6.18. The maximum atomic E-state index is 12.0. The van der Waals surface area contributed by atoms with Crippen molar-refractivity contribution in [3.63, 3.8) is 0 Å². The standard InChI is InChI=1S/C13H26N2O3/c1-8(2)9(3)15(7)12(18)14-10(11(16)17)13(4,5)6/h8-10H,1-7H3,(H,14,18)(H,16,17)/t9?,10-/m0/s1. The van der Waals surface area contributed by atoms with Crippen molar-refractivity contribution in [2.45, 2.75) is 53.6 Å². The van der Waals surface area contributed by atoms with E-state index in [0.29, 0.717) is 5.92 Å². The summed E-state index contributed by atoms with van der Waals surface area (Å²) in [7, 11) is 1.68. The summed E-state index contributed by atoms with van der Waals surface area (Å²) in [5.41, 5.74) is -0.524. The van der Waals surface area contributed by atoms with Gasteiger partial charge in [-0.15, -0.1) is 0 Å². The van der Waals surface area contributed by atoms with Crippen LogP contribution in [0.2, 0.25) is 0 Å². The van der Waals surface area contributed by atoms with E-state index < -0.39 is 17.4 Å². The topological polar surface area (TPSA) is 69.6 Å². The molecule has 0 aromatic carbocycles. The fourth-order valence-corrected chi connectivity index (χ4v) is 1.51. The summed E-state index contributed by atoms with van der Waals surface area (Å²) in [6.07, 6.45) is 0. The molecule has 0 rings (SSSR count). The molecular weight excluding hydrogens is 232 g/mol. The zero-order valence-corrected chi connectivity index (χ0v) is 12.4. The van der Waals surface area contributed by atoms with Crippen LogP contribution in [0.3, 0.4) is 0 Å². The van der Waals surface area contributed by atoms with Gasteiger partial charge in [-0.25, -0.2) is 9.59 Å². The van der Waals surface area contributed by atoms with Crippen LogP contribution in [0, 0.1) is 11.3 Å². The summed E-state index contributed by atoms with van der Waals surface area (Å²) in [6, 6.07) is -1.19. The van der Waals surface area contributed by atoms with E-state index >= 15 is 0 Å². The second kappa shape index (κ2) is 6.07. The first-order valence-corrected chi connectivity index (χ1v) is 6.24. The van der Waals surface area contributed by atoms with Gasteiger partial charge >= 0.3 is 12.0 Å². The van der Waals surface area contributed by atoms with E-state index in [2.05, 4.69) is 5.32 Å². The molecule has 0 bridgehead atoms. The molecule has 0 aliphatic carbocycles. The average molecular weight is 258 g/mol. The van der Waals surface area contributed by atoms with Gasteiger partial charge in [0.15, 0.2) is 0 Å².